The summed E-state index contributed by atoms with van der Waals surface area (Å²) in [6, 6.07) is 24.5. The Morgan fingerprint density at radius 3 is 2.10 bits per heavy atom. The maximum absolute atomic E-state index is 11.2. The quantitative estimate of drug-likeness (QED) is 0.417. The van der Waals surface area contributed by atoms with Crippen LogP contribution in [0, 0.1) is 10.1 Å². The summed E-state index contributed by atoms with van der Waals surface area (Å²) in [6.07, 6.45) is 1.61. The third-order valence-electron chi connectivity index (χ3n) is 6.12. The van der Waals surface area contributed by atoms with E-state index in [-0.39, 0.29) is 10.6 Å². The number of hydrazone groups is 1. The van der Waals surface area contributed by atoms with E-state index in [4.69, 9.17) is 0 Å². The lowest BCUT2D eigenvalue weighted by molar-refractivity contribution is -0.929. The van der Waals surface area contributed by atoms with Gasteiger partial charge in [0.1, 0.15) is 6.04 Å². The first-order chi connectivity index (χ1) is 14.7. The Morgan fingerprint density at radius 2 is 1.47 bits per heavy atom. The van der Waals surface area contributed by atoms with Crippen LogP contribution in [0.2, 0.25) is 0 Å². The molecule has 1 N–H and O–H groups in total. The summed E-state index contributed by atoms with van der Waals surface area (Å²) in [7, 11) is 0. The van der Waals surface area contributed by atoms with Crippen LogP contribution in [0.5, 0.6) is 0 Å². The number of nitrogens with zero attached hydrogens (tertiary/aromatic N) is 3. The van der Waals surface area contributed by atoms with Gasteiger partial charge in [-0.2, -0.15) is 5.10 Å². The highest BCUT2D eigenvalue weighted by atomic mass is 16.6. The number of piperazine rings is 1. The number of hydrogen-bond donors (Lipinski definition) is 1. The van der Waals surface area contributed by atoms with Crippen molar-refractivity contribution in [2.75, 3.05) is 26.2 Å². The topological polar surface area (TPSA) is 63.2 Å². The van der Waals surface area contributed by atoms with Gasteiger partial charge in [-0.25, -0.2) is 0 Å². The molecule has 1 heterocycles. The highest BCUT2D eigenvalue weighted by molar-refractivity contribution is 5.85. The summed E-state index contributed by atoms with van der Waals surface area (Å²) in [4.78, 5) is 12.4. The average Bonchev–Trinajstić information content (AvgIpc) is 3.13. The lowest BCUT2D eigenvalue weighted by Gasteiger charge is -2.34. The van der Waals surface area contributed by atoms with E-state index in [1.807, 2.05) is 5.01 Å². The highest BCUT2D eigenvalue weighted by Crippen LogP contribution is 2.41. The first-order valence-corrected chi connectivity index (χ1v) is 10.3. The average molecular weight is 399 g/mol. The van der Waals surface area contributed by atoms with E-state index < -0.39 is 0 Å². The van der Waals surface area contributed by atoms with Crippen molar-refractivity contribution in [2.45, 2.75) is 6.04 Å². The second kappa shape index (κ2) is 7.72. The molecular formula is C24H23N4O2+. The van der Waals surface area contributed by atoms with E-state index in [1.165, 1.54) is 28.3 Å². The number of nitro benzene ring substituents is 1. The predicted octanol–water partition coefficient (Wildman–Crippen LogP) is 2.90. The summed E-state index contributed by atoms with van der Waals surface area (Å²) in [5, 5.41) is 17.7. The van der Waals surface area contributed by atoms with Crippen molar-refractivity contribution in [3.8, 4) is 11.1 Å². The zero-order valence-corrected chi connectivity index (χ0v) is 16.6. The van der Waals surface area contributed by atoms with Gasteiger partial charge < -0.3 is 4.90 Å². The van der Waals surface area contributed by atoms with Crippen LogP contribution in [0.15, 0.2) is 77.9 Å². The lowest BCUT2D eigenvalue weighted by Crippen LogP contribution is -3.14. The second-order valence-electron chi connectivity index (χ2n) is 7.78. The van der Waals surface area contributed by atoms with Gasteiger partial charge in [-0.1, -0.05) is 60.7 Å². The van der Waals surface area contributed by atoms with Crippen LogP contribution in [0.4, 0.5) is 5.69 Å². The number of benzene rings is 3. The molecular weight excluding hydrogens is 376 g/mol. The van der Waals surface area contributed by atoms with Crippen molar-refractivity contribution in [3.05, 3.63) is 99.6 Å². The van der Waals surface area contributed by atoms with E-state index in [1.54, 1.807) is 29.3 Å². The summed E-state index contributed by atoms with van der Waals surface area (Å²) in [6.45, 7) is 3.60. The molecule has 6 nitrogen and oxygen atoms in total. The first-order valence-electron chi connectivity index (χ1n) is 10.3. The Bertz CT molecular complexity index is 1070. The van der Waals surface area contributed by atoms with Gasteiger partial charge >= 0.3 is 0 Å². The lowest BCUT2D eigenvalue weighted by atomic mass is 10.0. The van der Waals surface area contributed by atoms with E-state index in [2.05, 4.69) is 53.6 Å². The maximum atomic E-state index is 11.2. The van der Waals surface area contributed by atoms with Gasteiger partial charge in [0.2, 0.25) is 0 Å². The molecule has 6 heteroatoms. The molecule has 1 aliphatic carbocycles. The van der Waals surface area contributed by atoms with Gasteiger partial charge in [0.15, 0.2) is 0 Å². The van der Waals surface area contributed by atoms with Crippen molar-refractivity contribution < 1.29 is 9.82 Å². The fraction of sp³-hybridized carbons (Fsp3) is 0.208. The minimum atomic E-state index is -0.363. The van der Waals surface area contributed by atoms with E-state index in [9.17, 15) is 10.1 Å². The summed E-state index contributed by atoms with van der Waals surface area (Å²) in [5.41, 5.74) is 6.14. The predicted molar refractivity (Wildman–Crippen MR) is 117 cm³/mol. The van der Waals surface area contributed by atoms with Crippen LogP contribution in [-0.2, 0) is 0 Å². The number of hydrogen-bond acceptors (Lipinski definition) is 4. The maximum Gasteiger partial charge on any atom is 0.278 e. The standard InChI is InChI=1S/C24H22N4O2/c29-28(30)23-12-6-1-7-18(23)17-25-27-15-13-26(14-16-27)24-21-10-4-2-8-19(21)20-9-3-5-11-22(20)24/h1-12,17,24H,13-16H2/p+1/b25-17-. The van der Waals surface area contributed by atoms with Crippen LogP contribution < -0.4 is 4.90 Å². The van der Waals surface area contributed by atoms with Crippen molar-refractivity contribution in [3.63, 3.8) is 0 Å². The Labute approximate surface area is 175 Å². The Balaban J connectivity index is 1.32. The van der Waals surface area contributed by atoms with Crippen LogP contribution in [0.25, 0.3) is 11.1 Å². The molecule has 0 atom stereocenters. The molecule has 0 bridgehead atoms. The fourth-order valence-corrected chi connectivity index (χ4v) is 4.69. The minimum absolute atomic E-state index is 0.0877. The zero-order chi connectivity index (χ0) is 20.5. The van der Waals surface area contributed by atoms with Crippen molar-refractivity contribution in [1.82, 2.24) is 5.01 Å². The highest BCUT2D eigenvalue weighted by Gasteiger charge is 2.37. The Morgan fingerprint density at radius 1 is 0.900 bits per heavy atom. The number of rotatable bonds is 4. The summed E-state index contributed by atoms with van der Waals surface area (Å²) < 4.78 is 0. The Hall–Kier alpha value is -3.51. The van der Waals surface area contributed by atoms with Gasteiger partial charge in [0, 0.05) is 17.2 Å². The van der Waals surface area contributed by atoms with Gasteiger partial charge in [-0.15, -0.1) is 0 Å². The molecule has 0 radical (unpaired) electrons. The minimum Gasteiger partial charge on any atom is -0.322 e. The zero-order valence-electron chi connectivity index (χ0n) is 16.6. The third kappa shape index (κ3) is 3.25. The van der Waals surface area contributed by atoms with Crippen LogP contribution >= 0.6 is 0 Å². The molecule has 1 saturated heterocycles. The molecule has 0 saturated carbocycles. The molecule has 0 spiro atoms. The molecule has 3 aromatic rings. The summed E-state index contributed by atoms with van der Waals surface area (Å²) >= 11 is 0. The number of nitro groups is 1. The van der Waals surface area contributed by atoms with Crippen molar-refractivity contribution in [2.24, 2.45) is 5.10 Å². The first kappa shape index (κ1) is 18.5. The van der Waals surface area contributed by atoms with E-state index in [0.29, 0.717) is 11.6 Å². The monoisotopic (exact) mass is 399 g/mol. The SMILES string of the molecule is O=[N+]([O-])c1ccccc1/C=N\N1CC[NH+](C2c3ccccc3-c3ccccc32)CC1. The largest absolute Gasteiger partial charge is 0.322 e. The van der Waals surface area contributed by atoms with Crippen molar-refractivity contribution in [1.29, 1.82) is 0 Å². The van der Waals surface area contributed by atoms with Crippen molar-refractivity contribution >= 4 is 11.9 Å². The third-order valence-corrected chi connectivity index (χ3v) is 6.12. The molecule has 1 aliphatic heterocycles. The number of nitrogens with one attached hydrogen (secondary N) is 1. The van der Waals surface area contributed by atoms with Crippen LogP contribution in [0.1, 0.15) is 22.7 Å². The fourth-order valence-electron chi connectivity index (χ4n) is 4.69. The molecule has 0 unspecified atom stereocenters. The molecule has 150 valence electrons. The molecule has 5 rings (SSSR count). The van der Waals surface area contributed by atoms with Crippen LogP contribution in [-0.4, -0.2) is 42.3 Å². The number of fused-ring (bicyclic) bond motifs is 3. The van der Waals surface area contributed by atoms with Gasteiger partial charge in [0.25, 0.3) is 5.69 Å². The molecule has 0 aromatic heterocycles. The normalized spacial score (nSPS) is 16.6. The summed E-state index contributed by atoms with van der Waals surface area (Å²) in [5.74, 6) is 0. The van der Waals surface area contributed by atoms with Gasteiger partial charge in [0.05, 0.1) is 42.9 Å². The second-order valence-corrected chi connectivity index (χ2v) is 7.78. The van der Waals surface area contributed by atoms with Crippen LogP contribution in [0.3, 0.4) is 0 Å². The van der Waals surface area contributed by atoms with E-state index >= 15 is 0 Å². The number of quaternary nitrogens is 1. The molecule has 3 aromatic carbocycles. The van der Waals surface area contributed by atoms with Gasteiger partial charge in [-0.3, -0.25) is 15.1 Å². The molecule has 0 amide bonds. The number of para-hydroxylation sites is 1. The molecule has 2 aliphatic rings. The smallest absolute Gasteiger partial charge is 0.278 e. The van der Waals surface area contributed by atoms with E-state index in [0.717, 1.165) is 26.2 Å². The molecule has 1 fully saturated rings. The van der Waals surface area contributed by atoms with Gasteiger partial charge in [-0.05, 0) is 17.2 Å². The molecule has 30 heavy (non-hydrogen) atoms. The Kier molecular flexibility index (Phi) is 4.77.